The number of ether oxygens (including phenoxy) is 1. The first-order valence-electron chi connectivity index (χ1n) is 9.10. The summed E-state index contributed by atoms with van der Waals surface area (Å²) in [6.45, 7) is 6.66. The summed E-state index contributed by atoms with van der Waals surface area (Å²) in [6.07, 6.45) is 6.61. The zero-order chi connectivity index (χ0) is 18.0. The van der Waals surface area contributed by atoms with Gasteiger partial charge in [-0.2, -0.15) is 0 Å². The van der Waals surface area contributed by atoms with Crippen LogP contribution in [0.2, 0.25) is 0 Å². The van der Waals surface area contributed by atoms with E-state index in [0.29, 0.717) is 18.2 Å². The minimum Gasteiger partial charge on any atom is -0.372 e. The third-order valence-corrected chi connectivity index (χ3v) is 6.50. The second kappa shape index (κ2) is 7.42. The maximum atomic E-state index is 12.1. The van der Waals surface area contributed by atoms with E-state index in [1.807, 2.05) is 11.3 Å². The van der Waals surface area contributed by atoms with Gasteiger partial charge in [-0.05, 0) is 42.7 Å². The fourth-order valence-electron chi connectivity index (χ4n) is 4.00. The van der Waals surface area contributed by atoms with Crippen LogP contribution in [0.5, 0.6) is 0 Å². The normalized spacial score (nSPS) is 21.7. The average Bonchev–Trinajstić information content (AvgIpc) is 3.22. The molecule has 1 atom stereocenters. The standard InChI is InChI=1S/C19H24N4O2S/c1-14-4-9-26-17(14)11-23-12-19(13-23)15(3-8-25-19)2-5-22-18(24)16-10-20-6-7-21-16/h4,6-7,9-10,15H,2-3,5,8,11-13H2,1H3,(H,22,24)/t15-/m1/s1. The molecule has 1 spiro atoms. The van der Waals surface area contributed by atoms with Crippen LogP contribution < -0.4 is 5.32 Å². The highest BCUT2D eigenvalue weighted by Gasteiger charge is 2.52. The van der Waals surface area contributed by atoms with Gasteiger partial charge in [0.15, 0.2) is 0 Å². The molecule has 4 rings (SSSR count). The van der Waals surface area contributed by atoms with Crippen molar-refractivity contribution < 1.29 is 9.53 Å². The molecule has 1 N–H and O–H groups in total. The molecule has 2 saturated heterocycles. The van der Waals surface area contributed by atoms with Crippen LogP contribution in [0.15, 0.2) is 30.0 Å². The van der Waals surface area contributed by atoms with Crippen molar-refractivity contribution in [3.8, 4) is 0 Å². The summed E-state index contributed by atoms with van der Waals surface area (Å²) in [5.74, 6) is 0.347. The lowest BCUT2D eigenvalue weighted by Crippen LogP contribution is -2.64. The maximum absolute atomic E-state index is 12.1. The molecule has 138 valence electrons. The highest BCUT2D eigenvalue weighted by atomic mass is 32.1. The summed E-state index contributed by atoms with van der Waals surface area (Å²) in [7, 11) is 0. The van der Waals surface area contributed by atoms with Crippen molar-refractivity contribution in [3.05, 3.63) is 46.2 Å². The van der Waals surface area contributed by atoms with E-state index in [1.54, 1.807) is 6.20 Å². The Bertz CT molecular complexity index is 758. The van der Waals surface area contributed by atoms with Crippen molar-refractivity contribution in [3.63, 3.8) is 0 Å². The van der Waals surface area contributed by atoms with Crippen LogP contribution in [0.25, 0.3) is 0 Å². The molecule has 0 saturated carbocycles. The van der Waals surface area contributed by atoms with Gasteiger partial charge in [-0.25, -0.2) is 4.98 Å². The van der Waals surface area contributed by atoms with Crippen molar-refractivity contribution in [1.82, 2.24) is 20.2 Å². The van der Waals surface area contributed by atoms with Gasteiger partial charge in [0.25, 0.3) is 5.91 Å². The van der Waals surface area contributed by atoms with Crippen LogP contribution >= 0.6 is 11.3 Å². The van der Waals surface area contributed by atoms with Crippen molar-refractivity contribution in [2.75, 3.05) is 26.2 Å². The molecule has 0 bridgehead atoms. The molecule has 2 aromatic heterocycles. The van der Waals surface area contributed by atoms with Gasteiger partial charge >= 0.3 is 0 Å². The first-order valence-corrected chi connectivity index (χ1v) is 9.98. The van der Waals surface area contributed by atoms with Crippen molar-refractivity contribution in [2.24, 2.45) is 5.92 Å². The summed E-state index contributed by atoms with van der Waals surface area (Å²) in [4.78, 5) is 24.0. The molecule has 2 aliphatic heterocycles. The lowest BCUT2D eigenvalue weighted by Gasteiger charge is -2.50. The molecule has 2 fully saturated rings. The van der Waals surface area contributed by atoms with E-state index in [0.717, 1.165) is 39.1 Å². The van der Waals surface area contributed by atoms with Crippen LogP contribution in [-0.4, -0.2) is 52.6 Å². The fourth-order valence-corrected chi connectivity index (χ4v) is 4.95. The first kappa shape index (κ1) is 17.6. The smallest absolute Gasteiger partial charge is 0.271 e. The van der Waals surface area contributed by atoms with Gasteiger partial charge in [-0.15, -0.1) is 11.3 Å². The molecule has 4 heterocycles. The molecule has 6 nitrogen and oxygen atoms in total. The Hall–Kier alpha value is -1.83. The van der Waals surface area contributed by atoms with E-state index in [4.69, 9.17) is 4.74 Å². The van der Waals surface area contributed by atoms with E-state index >= 15 is 0 Å². The van der Waals surface area contributed by atoms with Gasteiger partial charge in [0.05, 0.1) is 11.8 Å². The van der Waals surface area contributed by atoms with Crippen molar-refractivity contribution in [1.29, 1.82) is 0 Å². The Morgan fingerprint density at radius 3 is 3.08 bits per heavy atom. The number of carbonyl (C=O) groups excluding carboxylic acids is 1. The number of nitrogens with zero attached hydrogens (tertiary/aromatic N) is 3. The summed E-state index contributed by atoms with van der Waals surface area (Å²) < 4.78 is 6.14. The predicted octanol–water partition coefficient (Wildman–Crippen LogP) is 2.26. The van der Waals surface area contributed by atoms with Gasteiger partial charge in [0, 0.05) is 50.1 Å². The van der Waals surface area contributed by atoms with E-state index < -0.39 is 0 Å². The van der Waals surface area contributed by atoms with Gasteiger partial charge < -0.3 is 10.1 Å². The van der Waals surface area contributed by atoms with Gasteiger partial charge in [-0.1, -0.05) is 0 Å². The zero-order valence-electron chi connectivity index (χ0n) is 15.0. The summed E-state index contributed by atoms with van der Waals surface area (Å²) in [6, 6.07) is 2.18. The van der Waals surface area contributed by atoms with E-state index in [-0.39, 0.29) is 11.5 Å². The number of hydrogen-bond acceptors (Lipinski definition) is 6. The van der Waals surface area contributed by atoms with E-state index in [1.165, 1.54) is 22.8 Å². The molecule has 7 heteroatoms. The van der Waals surface area contributed by atoms with Gasteiger partial charge in [0.1, 0.15) is 5.69 Å². The Balaban J connectivity index is 1.26. The van der Waals surface area contributed by atoms with Gasteiger partial charge in [-0.3, -0.25) is 14.7 Å². The number of nitrogens with one attached hydrogen (secondary N) is 1. The third kappa shape index (κ3) is 3.51. The first-order chi connectivity index (χ1) is 12.7. The molecule has 2 aromatic rings. The lowest BCUT2D eigenvalue weighted by atomic mass is 9.79. The Morgan fingerprint density at radius 2 is 2.35 bits per heavy atom. The fraction of sp³-hybridized carbons (Fsp3) is 0.526. The van der Waals surface area contributed by atoms with E-state index in [9.17, 15) is 4.79 Å². The second-order valence-corrected chi connectivity index (χ2v) is 8.21. The van der Waals surface area contributed by atoms with Crippen molar-refractivity contribution in [2.45, 2.75) is 31.9 Å². The van der Waals surface area contributed by atoms with Crippen LogP contribution in [-0.2, 0) is 11.3 Å². The number of rotatable bonds is 6. The monoisotopic (exact) mass is 372 g/mol. The van der Waals surface area contributed by atoms with Crippen LogP contribution in [0.1, 0.15) is 33.8 Å². The predicted molar refractivity (Wildman–Crippen MR) is 100 cm³/mol. The molecule has 0 aromatic carbocycles. The third-order valence-electron chi connectivity index (χ3n) is 5.49. The number of aryl methyl sites for hydroxylation is 1. The van der Waals surface area contributed by atoms with Crippen LogP contribution in [0, 0.1) is 12.8 Å². The molecule has 0 aliphatic carbocycles. The maximum Gasteiger partial charge on any atom is 0.271 e. The topological polar surface area (TPSA) is 67.3 Å². The largest absolute Gasteiger partial charge is 0.372 e. The lowest BCUT2D eigenvalue weighted by molar-refractivity contribution is -0.136. The number of amides is 1. The Kier molecular flexibility index (Phi) is 5.02. The van der Waals surface area contributed by atoms with Crippen molar-refractivity contribution >= 4 is 17.2 Å². The van der Waals surface area contributed by atoms with E-state index in [2.05, 4.69) is 38.6 Å². The molecule has 0 radical (unpaired) electrons. The van der Waals surface area contributed by atoms with Crippen LogP contribution in [0.3, 0.4) is 0 Å². The summed E-state index contributed by atoms with van der Waals surface area (Å²) in [5.41, 5.74) is 1.74. The van der Waals surface area contributed by atoms with Crippen LogP contribution in [0.4, 0.5) is 0 Å². The summed E-state index contributed by atoms with van der Waals surface area (Å²) >= 11 is 1.83. The quantitative estimate of drug-likeness (QED) is 0.842. The number of carbonyl (C=O) groups is 1. The minimum atomic E-state index is -0.158. The second-order valence-electron chi connectivity index (χ2n) is 7.21. The Morgan fingerprint density at radius 1 is 1.46 bits per heavy atom. The molecular formula is C19H24N4O2S. The number of thiophene rings is 1. The molecule has 1 amide bonds. The minimum absolute atomic E-state index is 0.0115. The highest BCUT2D eigenvalue weighted by Crippen LogP contribution is 2.42. The molecule has 2 aliphatic rings. The molecule has 26 heavy (non-hydrogen) atoms. The highest BCUT2D eigenvalue weighted by molar-refractivity contribution is 7.10. The Labute approximate surface area is 157 Å². The molecule has 0 unspecified atom stereocenters. The summed E-state index contributed by atoms with van der Waals surface area (Å²) in [5, 5.41) is 5.12. The van der Waals surface area contributed by atoms with Gasteiger partial charge in [0.2, 0.25) is 0 Å². The number of likely N-dealkylation sites (tertiary alicyclic amines) is 1. The number of aromatic nitrogens is 2. The number of hydrogen-bond donors (Lipinski definition) is 1. The SMILES string of the molecule is Cc1ccsc1CN1CC2(C1)OCC[C@H]2CCNC(=O)c1cnccn1. The average molecular weight is 372 g/mol. The molecular weight excluding hydrogens is 348 g/mol. The zero-order valence-corrected chi connectivity index (χ0v) is 15.8.